The highest BCUT2D eigenvalue weighted by atomic mass is 16.5. The smallest absolute Gasteiger partial charge is 0.341 e. The van der Waals surface area contributed by atoms with Gasteiger partial charge in [0.2, 0.25) is 0 Å². The van der Waals surface area contributed by atoms with Crippen LogP contribution in [-0.4, -0.2) is 24.2 Å². The summed E-state index contributed by atoms with van der Waals surface area (Å²) in [6.07, 6.45) is 5.32. The average molecular weight is 303 g/mol. The molecule has 0 N–H and O–H groups in total. The van der Waals surface area contributed by atoms with Crippen LogP contribution in [0.25, 0.3) is 6.08 Å². The predicted molar refractivity (Wildman–Crippen MR) is 88.0 cm³/mol. The number of hydrogen-bond acceptors (Lipinski definition) is 4. The molecule has 1 rings (SSSR count). The minimum Gasteiger partial charge on any atom is -0.493 e. The molecular weight excluding hydrogens is 278 g/mol. The van der Waals surface area contributed by atoms with Crippen LogP contribution in [0, 0.1) is 5.41 Å². The first kappa shape index (κ1) is 18.0. The van der Waals surface area contributed by atoms with E-state index in [9.17, 15) is 4.79 Å². The zero-order chi connectivity index (χ0) is 16.6. The standard InChI is InChI=1S/C18H25NO3/c1-6-21-16(13-18(3,4)5)15(17(20)22-7-2)12-14-10-8-9-11-19-14/h8-13H,6-7H2,1-5H3/b15-12+,16-13+. The van der Waals surface area contributed by atoms with Crippen molar-refractivity contribution in [2.45, 2.75) is 34.6 Å². The molecule has 1 aromatic rings. The van der Waals surface area contributed by atoms with Gasteiger partial charge in [-0.05, 0) is 43.5 Å². The highest BCUT2D eigenvalue weighted by molar-refractivity contribution is 5.97. The lowest BCUT2D eigenvalue weighted by atomic mass is 9.94. The van der Waals surface area contributed by atoms with Gasteiger partial charge in [0.05, 0.1) is 18.9 Å². The summed E-state index contributed by atoms with van der Waals surface area (Å²) in [4.78, 5) is 16.5. The SMILES string of the molecule is CCOC(=O)C(=C/c1ccccn1)/C(=C\C(C)(C)C)OCC. The number of hydrogen-bond donors (Lipinski definition) is 0. The number of carbonyl (C=O) groups excluding carboxylic acids is 1. The van der Waals surface area contributed by atoms with E-state index in [0.29, 0.717) is 30.2 Å². The summed E-state index contributed by atoms with van der Waals surface area (Å²) in [5, 5.41) is 0. The largest absolute Gasteiger partial charge is 0.493 e. The minimum absolute atomic E-state index is 0.125. The molecule has 0 saturated heterocycles. The normalized spacial score (nSPS) is 13.0. The van der Waals surface area contributed by atoms with Crippen LogP contribution in [0.4, 0.5) is 0 Å². The highest BCUT2D eigenvalue weighted by Crippen LogP contribution is 2.24. The van der Waals surface area contributed by atoms with E-state index in [-0.39, 0.29) is 5.41 Å². The maximum absolute atomic E-state index is 12.3. The van der Waals surface area contributed by atoms with Crippen LogP contribution in [0.2, 0.25) is 0 Å². The van der Waals surface area contributed by atoms with Gasteiger partial charge < -0.3 is 9.47 Å². The molecule has 0 amide bonds. The predicted octanol–water partition coefficient (Wildman–Crippen LogP) is 3.99. The van der Waals surface area contributed by atoms with Crippen molar-refractivity contribution in [3.63, 3.8) is 0 Å². The second-order valence-electron chi connectivity index (χ2n) is 5.84. The lowest BCUT2D eigenvalue weighted by Gasteiger charge is -2.18. The molecule has 0 aromatic carbocycles. The quantitative estimate of drug-likeness (QED) is 0.345. The van der Waals surface area contributed by atoms with Gasteiger partial charge in [-0.2, -0.15) is 0 Å². The second-order valence-corrected chi connectivity index (χ2v) is 5.84. The molecule has 4 heteroatoms. The van der Waals surface area contributed by atoms with Crippen molar-refractivity contribution in [1.29, 1.82) is 0 Å². The molecule has 0 aliphatic carbocycles. The summed E-state index contributed by atoms with van der Waals surface area (Å²) in [5.74, 6) is 0.121. The van der Waals surface area contributed by atoms with E-state index in [1.54, 1.807) is 19.2 Å². The monoisotopic (exact) mass is 303 g/mol. The first-order valence-corrected chi connectivity index (χ1v) is 7.53. The Balaban J connectivity index is 3.31. The van der Waals surface area contributed by atoms with Gasteiger partial charge in [-0.25, -0.2) is 4.79 Å². The van der Waals surface area contributed by atoms with Gasteiger partial charge in [0.15, 0.2) is 0 Å². The third-order valence-corrected chi connectivity index (χ3v) is 2.60. The molecule has 0 aliphatic rings. The zero-order valence-electron chi connectivity index (χ0n) is 14.1. The summed E-state index contributed by atoms with van der Waals surface area (Å²) in [7, 11) is 0. The third-order valence-electron chi connectivity index (χ3n) is 2.60. The number of nitrogens with zero attached hydrogens (tertiary/aromatic N) is 1. The van der Waals surface area contributed by atoms with Gasteiger partial charge in [-0.15, -0.1) is 0 Å². The lowest BCUT2D eigenvalue weighted by Crippen LogP contribution is -2.14. The Morgan fingerprint density at radius 1 is 1.18 bits per heavy atom. The molecule has 0 bridgehead atoms. The molecular formula is C18H25NO3. The van der Waals surface area contributed by atoms with Gasteiger partial charge >= 0.3 is 5.97 Å². The van der Waals surface area contributed by atoms with E-state index in [2.05, 4.69) is 25.8 Å². The first-order chi connectivity index (χ1) is 10.4. The number of ether oxygens (including phenoxy) is 2. The Kier molecular flexibility index (Phi) is 6.83. The fourth-order valence-corrected chi connectivity index (χ4v) is 1.79. The van der Waals surface area contributed by atoms with Crippen molar-refractivity contribution in [3.8, 4) is 0 Å². The fourth-order valence-electron chi connectivity index (χ4n) is 1.79. The van der Waals surface area contributed by atoms with Gasteiger partial charge in [-0.1, -0.05) is 26.8 Å². The number of aromatic nitrogens is 1. The molecule has 0 aliphatic heterocycles. The van der Waals surface area contributed by atoms with E-state index < -0.39 is 5.97 Å². The van der Waals surface area contributed by atoms with Crippen molar-refractivity contribution >= 4 is 12.0 Å². The maximum Gasteiger partial charge on any atom is 0.341 e. The number of allylic oxidation sites excluding steroid dienone is 1. The highest BCUT2D eigenvalue weighted by Gasteiger charge is 2.20. The number of carbonyl (C=O) groups is 1. The third kappa shape index (κ3) is 6.12. The van der Waals surface area contributed by atoms with Crippen LogP contribution in [0.15, 0.2) is 41.8 Å². The second kappa shape index (κ2) is 8.37. The topological polar surface area (TPSA) is 48.4 Å². The molecule has 4 nitrogen and oxygen atoms in total. The number of esters is 1. The number of pyridine rings is 1. The Labute approximate surface area is 132 Å². The number of rotatable bonds is 6. The Hall–Kier alpha value is -2.10. The fraction of sp³-hybridized carbons (Fsp3) is 0.444. The van der Waals surface area contributed by atoms with E-state index in [1.807, 2.05) is 31.2 Å². The van der Waals surface area contributed by atoms with E-state index in [1.165, 1.54) is 0 Å². The molecule has 120 valence electrons. The van der Waals surface area contributed by atoms with Crippen LogP contribution in [-0.2, 0) is 14.3 Å². The van der Waals surface area contributed by atoms with Crippen molar-refractivity contribution in [3.05, 3.63) is 47.5 Å². The first-order valence-electron chi connectivity index (χ1n) is 7.53. The van der Waals surface area contributed by atoms with Crippen molar-refractivity contribution in [2.75, 3.05) is 13.2 Å². The van der Waals surface area contributed by atoms with E-state index in [4.69, 9.17) is 9.47 Å². The molecule has 0 fully saturated rings. The van der Waals surface area contributed by atoms with Crippen molar-refractivity contribution < 1.29 is 14.3 Å². The zero-order valence-corrected chi connectivity index (χ0v) is 14.1. The van der Waals surface area contributed by atoms with Crippen LogP contribution >= 0.6 is 0 Å². The van der Waals surface area contributed by atoms with Gasteiger partial charge in [-0.3, -0.25) is 4.98 Å². The molecule has 0 spiro atoms. The van der Waals surface area contributed by atoms with Crippen LogP contribution in [0.5, 0.6) is 0 Å². The van der Waals surface area contributed by atoms with Crippen molar-refractivity contribution in [1.82, 2.24) is 4.98 Å². The lowest BCUT2D eigenvalue weighted by molar-refractivity contribution is -0.138. The molecule has 0 atom stereocenters. The molecule has 0 radical (unpaired) electrons. The summed E-state index contributed by atoms with van der Waals surface area (Å²) < 4.78 is 10.8. The molecule has 1 aromatic heterocycles. The van der Waals surface area contributed by atoms with E-state index in [0.717, 1.165) is 0 Å². The van der Waals surface area contributed by atoms with Gasteiger partial charge in [0.1, 0.15) is 11.3 Å². The van der Waals surface area contributed by atoms with Gasteiger partial charge in [0.25, 0.3) is 0 Å². The molecule has 0 unspecified atom stereocenters. The molecule has 1 heterocycles. The molecule has 0 saturated carbocycles. The average Bonchev–Trinajstić information content (AvgIpc) is 2.44. The summed E-state index contributed by atoms with van der Waals surface area (Å²) in [6.45, 7) is 10.6. The van der Waals surface area contributed by atoms with Crippen LogP contribution < -0.4 is 0 Å². The maximum atomic E-state index is 12.3. The minimum atomic E-state index is -0.405. The van der Waals surface area contributed by atoms with Crippen LogP contribution in [0.3, 0.4) is 0 Å². The Morgan fingerprint density at radius 2 is 1.86 bits per heavy atom. The molecule has 22 heavy (non-hydrogen) atoms. The summed E-state index contributed by atoms with van der Waals surface area (Å²) in [6, 6.07) is 5.53. The Morgan fingerprint density at radius 3 is 2.36 bits per heavy atom. The summed E-state index contributed by atoms with van der Waals surface area (Å²) in [5.41, 5.74) is 0.947. The van der Waals surface area contributed by atoms with Crippen LogP contribution in [0.1, 0.15) is 40.3 Å². The van der Waals surface area contributed by atoms with Crippen molar-refractivity contribution in [2.24, 2.45) is 5.41 Å². The summed E-state index contributed by atoms with van der Waals surface area (Å²) >= 11 is 0. The Bertz CT molecular complexity index is 539. The van der Waals surface area contributed by atoms with Gasteiger partial charge in [0, 0.05) is 6.20 Å². The van der Waals surface area contributed by atoms with E-state index >= 15 is 0 Å².